The normalized spacial score (nSPS) is 15.5. The molecule has 180 valence electrons. The average molecular weight is 481 g/mol. The number of carbonyl (C=O) groups excluding carboxylic acids is 1. The van der Waals surface area contributed by atoms with Crippen LogP contribution in [0.3, 0.4) is 0 Å². The Bertz CT molecular complexity index is 1010. The number of morpholine rings is 1. The number of amides is 1. The molecule has 1 saturated heterocycles. The second-order valence-electron chi connectivity index (χ2n) is 7.21. The smallest absolute Gasteiger partial charge is 0.251 e. The van der Waals surface area contributed by atoms with Gasteiger partial charge in [0.2, 0.25) is 15.8 Å². The van der Waals surface area contributed by atoms with Crippen molar-refractivity contribution in [3.63, 3.8) is 0 Å². The Hall–Kier alpha value is -2.86. The number of aliphatic hydroxyl groups excluding tert-OH is 1. The van der Waals surface area contributed by atoms with Gasteiger partial charge in [-0.3, -0.25) is 4.79 Å². The molecular formula is C22H28N2O8S. The molecule has 2 N–H and O–H groups in total. The van der Waals surface area contributed by atoms with Gasteiger partial charge in [-0.05, 0) is 36.4 Å². The lowest BCUT2D eigenvalue weighted by molar-refractivity contribution is 0.0730. The molecule has 2 aromatic rings. The fraction of sp³-hybridized carbons (Fsp3) is 0.409. The minimum absolute atomic E-state index is 0.0654. The third kappa shape index (κ3) is 6.14. The molecule has 1 unspecified atom stereocenters. The van der Waals surface area contributed by atoms with E-state index in [-0.39, 0.29) is 23.6 Å². The van der Waals surface area contributed by atoms with Crippen molar-refractivity contribution < 1.29 is 37.3 Å². The highest BCUT2D eigenvalue weighted by Gasteiger charge is 2.26. The van der Waals surface area contributed by atoms with Gasteiger partial charge < -0.3 is 29.4 Å². The van der Waals surface area contributed by atoms with Gasteiger partial charge in [-0.2, -0.15) is 4.31 Å². The molecule has 0 saturated carbocycles. The molecule has 3 rings (SSSR count). The molecule has 1 heterocycles. The van der Waals surface area contributed by atoms with Crippen molar-refractivity contribution in [3.8, 4) is 17.2 Å². The summed E-state index contributed by atoms with van der Waals surface area (Å²) in [6.07, 6.45) is -0.996. The number of sulfonamides is 1. The van der Waals surface area contributed by atoms with Crippen LogP contribution in [-0.4, -0.2) is 83.5 Å². The van der Waals surface area contributed by atoms with Crippen molar-refractivity contribution in [2.24, 2.45) is 0 Å². The van der Waals surface area contributed by atoms with Crippen LogP contribution < -0.4 is 19.5 Å². The van der Waals surface area contributed by atoms with Gasteiger partial charge in [0.05, 0.1) is 32.3 Å². The zero-order valence-corrected chi connectivity index (χ0v) is 19.3. The van der Waals surface area contributed by atoms with Gasteiger partial charge in [0.1, 0.15) is 12.7 Å². The second-order valence-corrected chi connectivity index (χ2v) is 9.15. The fourth-order valence-corrected chi connectivity index (χ4v) is 4.63. The summed E-state index contributed by atoms with van der Waals surface area (Å²) in [5, 5.41) is 12.8. The number of rotatable bonds is 10. The summed E-state index contributed by atoms with van der Waals surface area (Å²) in [6, 6.07) is 10.8. The lowest BCUT2D eigenvalue weighted by Gasteiger charge is -2.26. The topological polar surface area (TPSA) is 124 Å². The Morgan fingerprint density at radius 2 is 1.70 bits per heavy atom. The Morgan fingerprint density at radius 1 is 1.09 bits per heavy atom. The van der Waals surface area contributed by atoms with Gasteiger partial charge in [-0.25, -0.2) is 8.42 Å². The van der Waals surface area contributed by atoms with E-state index in [1.165, 1.54) is 42.8 Å². The minimum atomic E-state index is -3.63. The first-order valence-corrected chi connectivity index (χ1v) is 11.8. The molecule has 10 nitrogen and oxygen atoms in total. The van der Waals surface area contributed by atoms with Gasteiger partial charge in [-0.1, -0.05) is 6.07 Å². The van der Waals surface area contributed by atoms with E-state index in [1.54, 1.807) is 18.2 Å². The Kier molecular flexibility index (Phi) is 8.50. The van der Waals surface area contributed by atoms with Gasteiger partial charge >= 0.3 is 0 Å². The molecule has 0 spiro atoms. The van der Waals surface area contributed by atoms with E-state index in [0.717, 1.165) is 0 Å². The average Bonchev–Trinajstić information content (AvgIpc) is 2.86. The number of carbonyl (C=O) groups is 1. The summed E-state index contributed by atoms with van der Waals surface area (Å²) in [6.45, 7) is 1.14. The van der Waals surface area contributed by atoms with Crippen LogP contribution in [0.5, 0.6) is 17.2 Å². The lowest BCUT2D eigenvalue weighted by Crippen LogP contribution is -2.40. The highest BCUT2D eigenvalue weighted by molar-refractivity contribution is 7.89. The van der Waals surface area contributed by atoms with E-state index < -0.39 is 22.0 Å². The molecular weight excluding hydrogens is 452 g/mol. The van der Waals surface area contributed by atoms with E-state index in [9.17, 15) is 18.3 Å². The van der Waals surface area contributed by atoms with Crippen molar-refractivity contribution in [2.75, 3.05) is 53.7 Å². The molecule has 1 aliphatic rings. The first-order valence-electron chi connectivity index (χ1n) is 10.3. The molecule has 0 aromatic heterocycles. The zero-order valence-electron chi connectivity index (χ0n) is 18.5. The van der Waals surface area contributed by atoms with E-state index >= 15 is 0 Å². The van der Waals surface area contributed by atoms with Crippen LogP contribution in [0, 0.1) is 0 Å². The van der Waals surface area contributed by atoms with Gasteiger partial charge in [-0.15, -0.1) is 0 Å². The maximum atomic E-state index is 12.7. The van der Waals surface area contributed by atoms with Crippen LogP contribution in [0.25, 0.3) is 0 Å². The van der Waals surface area contributed by atoms with Crippen LogP contribution >= 0.6 is 0 Å². The van der Waals surface area contributed by atoms with Crippen molar-refractivity contribution in [1.29, 1.82) is 0 Å². The molecule has 1 fully saturated rings. The molecule has 1 aliphatic heterocycles. The molecule has 0 bridgehead atoms. The molecule has 1 atom stereocenters. The predicted molar refractivity (Wildman–Crippen MR) is 119 cm³/mol. The number of nitrogens with one attached hydrogen (secondary N) is 1. The van der Waals surface area contributed by atoms with Gasteiger partial charge in [0, 0.05) is 25.2 Å². The summed E-state index contributed by atoms with van der Waals surface area (Å²) in [4.78, 5) is 12.5. The summed E-state index contributed by atoms with van der Waals surface area (Å²) in [5.74, 6) is 0.819. The van der Waals surface area contributed by atoms with Crippen LogP contribution in [0.1, 0.15) is 10.4 Å². The van der Waals surface area contributed by atoms with Gasteiger partial charge in [0.15, 0.2) is 11.5 Å². The summed E-state index contributed by atoms with van der Waals surface area (Å²) < 4.78 is 48.0. The number of hydrogen-bond donors (Lipinski definition) is 2. The molecule has 0 aliphatic carbocycles. The third-order valence-electron chi connectivity index (χ3n) is 5.03. The predicted octanol–water partition coefficient (Wildman–Crippen LogP) is 0.894. The number of aliphatic hydroxyl groups is 1. The van der Waals surface area contributed by atoms with Gasteiger partial charge in [0.25, 0.3) is 5.91 Å². The standard InChI is InChI=1S/C22H28N2O8S/c1-29-19-4-3-5-20(30-2)21(19)32-15-17(25)14-23-22(26)16-6-8-18(9-7-16)33(27,28)24-10-12-31-13-11-24/h3-9,17,25H,10-15H2,1-2H3,(H,23,26). The fourth-order valence-electron chi connectivity index (χ4n) is 3.22. The van der Waals surface area contributed by atoms with E-state index in [0.29, 0.717) is 43.6 Å². The number of benzene rings is 2. The highest BCUT2D eigenvalue weighted by atomic mass is 32.2. The van der Waals surface area contributed by atoms with Crippen molar-refractivity contribution in [3.05, 3.63) is 48.0 Å². The molecule has 1 amide bonds. The molecule has 11 heteroatoms. The SMILES string of the molecule is COc1cccc(OC)c1OCC(O)CNC(=O)c1ccc(S(=O)(=O)N2CCOCC2)cc1. The zero-order chi connectivity index (χ0) is 23.8. The Labute approximate surface area is 193 Å². The minimum Gasteiger partial charge on any atom is -0.493 e. The molecule has 33 heavy (non-hydrogen) atoms. The van der Waals surface area contributed by atoms with E-state index in [4.69, 9.17) is 18.9 Å². The maximum absolute atomic E-state index is 12.7. The second kappa shape index (κ2) is 11.3. The largest absolute Gasteiger partial charge is 0.493 e. The number of para-hydroxylation sites is 1. The van der Waals surface area contributed by atoms with E-state index in [2.05, 4.69) is 5.32 Å². The molecule has 2 aromatic carbocycles. The maximum Gasteiger partial charge on any atom is 0.251 e. The number of methoxy groups -OCH3 is 2. The lowest BCUT2D eigenvalue weighted by atomic mass is 10.2. The summed E-state index contributed by atoms with van der Waals surface area (Å²) >= 11 is 0. The number of nitrogens with zero attached hydrogens (tertiary/aromatic N) is 1. The van der Waals surface area contributed by atoms with Crippen LogP contribution in [0.2, 0.25) is 0 Å². The monoisotopic (exact) mass is 480 g/mol. The quantitative estimate of drug-likeness (QED) is 0.514. The first-order chi connectivity index (χ1) is 15.9. The van der Waals surface area contributed by atoms with Crippen molar-refractivity contribution in [1.82, 2.24) is 9.62 Å². The van der Waals surface area contributed by atoms with Crippen molar-refractivity contribution in [2.45, 2.75) is 11.0 Å². The Balaban J connectivity index is 1.53. The van der Waals surface area contributed by atoms with Crippen LogP contribution in [-0.2, 0) is 14.8 Å². The highest BCUT2D eigenvalue weighted by Crippen LogP contribution is 2.36. The summed E-state index contributed by atoms with van der Waals surface area (Å²) in [5.41, 5.74) is 0.274. The van der Waals surface area contributed by atoms with E-state index in [1.807, 2.05) is 0 Å². The summed E-state index contributed by atoms with van der Waals surface area (Å²) in [7, 11) is -0.639. The van der Waals surface area contributed by atoms with Crippen molar-refractivity contribution >= 4 is 15.9 Å². The number of hydrogen-bond acceptors (Lipinski definition) is 8. The molecule has 0 radical (unpaired) electrons. The first kappa shape index (κ1) is 24.8. The number of ether oxygens (including phenoxy) is 4. The Morgan fingerprint density at radius 3 is 2.27 bits per heavy atom. The van der Waals surface area contributed by atoms with Crippen LogP contribution in [0.15, 0.2) is 47.4 Å². The van der Waals surface area contributed by atoms with Crippen LogP contribution in [0.4, 0.5) is 0 Å². The third-order valence-corrected chi connectivity index (χ3v) is 6.94.